The van der Waals surface area contributed by atoms with Crippen molar-refractivity contribution in [2.45, 2.75) is 24.9 Å². The molecule has 1 aromatic rings. The van der Waals surface area contributed by atoms with Crippen LogP contribution in [0.5, 0.6) is 0 Å². The van der Waals surface area contributed by atoms with Crippen LogP contribution in [0.25, 0.3) is 0 Å². The summed E-state index contributed by atoms with van der Waals surface area (Å²) in [4.78, 5) is 0. The van der Waals surface area contributed by atoms with Crippen molar-refractivity contribution in [3.8, 4) is 6.07 Å². The van der Waals surface area contributed by atoms with E-state index in [0.717, 1.165) is 18.4 Å². The van der Waals surface area contributed by atoms with Gasteiger partial charge in [0, 0.05) is 12.1 Å². The fourth-order valence-electron chi connectivity index (χ4n) is 1.60. The highest BCUT2D eigenvalue weighted by molar-refractivity contribution is 5.34. The fraction of sp³-hybridized carbons (Fsp3) is 0.417. The number of aliphatic hydroxyl groups excluding tert-OH is 1. The van der Waals surface area contributed by atoms with Crippen molar-refractivity contribution in [2.75, 3.05) is 6.61 Å². The molecule has 2 rings (SSSR count). The molecule has 4 heteroatoms. The summed E-state index contributed by atoms with van der Waals surface area (Å²) < 4.78 is 13.0. The molecule has 0 amide bonds. The van der Waals surface area contributed by atoms with Gasteiger partial charge in [0.25, 0.3) is 0 Å². The summed E-state index contributed by atoms with van der Waals surface area (Å²) in [5.74, 6) is -0.491. The second-order valence-corrected chi connectivity index (χ2v) is 4.22. The number of halogens is 1. The molecule has 3 nitrogen and oxygen atoms in total. The lowest BCUT2D eigenvalue weighted by atomic mass is 10.1. The number of nitrogens with zero attached hydrogens (tertiary/aromatic N) is 1. The van der Waals surface area contributed by atoms with Crippen molar-refractivity contribution in [1.82, 2.24) is 5.32 Å². The van der Waals surface area contributed by atoms with Crippen LogP contribution >= 0.6 is 0 Å². The van der Waals surface area contributed by atoms with Crippen LogP contribution in [0.3, 0.4) is 0 Å². The average Bonchev–Trinajstić information content (AvgIpc) is 3.09. The highest BCUT2D eigenvalue weighted by atomic mass is 19.1. The predicted octanol–water partition coefficient (Wildman–Crippen LogP) is 1.31. The zero-order valence-electron chi connectivity index (χ0n) is 8.83. The third-order valence-electron chi connectivity index (χ3n) is 2.97. The standard InChI is InChI=1S/C12H13FN2O/c13-11-2-1-9(5-10(11)6-14)7-15-12(8-16)3-4-12/h1-2,5,15-16H,3-4,7-8H2. The molecule has 16 heavy (non-hydrogen) atoms. The van der Waals surface area contributed by atoms with Gasteiger partial charge in [0.05, 0.1) is 12.2 Å². The quantitative estimate of drug-likeness (QED) is 0.804. The molecular formula is C12H13FN2O. The van der Waals surface area contributed by atoms with Crippen LogP contribution in [0, 0.1) is 17.1 Å². The lowest BCUT2D eigenvalue weighted by molar-refractivity contribution is 0.229. The van der Waals surface area contributed by atoms with Gasteiger partial charge in [-0.25, -0.2) is 4.39 Å². The first-order valence-corrected chi connectivity index (χ1v) is 5.23. The maximum Gasteiger partial charge on any atom is 0.140 e. The highest BCUT2D eigenvalue weighted by Gasteiger charge is 2.41. The number of aliphatic hydroxyl groups is 1. The van der Waals surface area contributed by atoms with Crippen LogP contribution in [0.15, 0.2) is 18.2 Å². The molecule has 0 radical (unpaired) electrons. The molecule has 0 aromatic heterocycles. The van der Waals surface area contributed by atoms with Crippen molar-refractivity contribution in [3.05, 3.63) is 35.1 Å². The van der Waals surface area contributed by atoms with Crippen LogP contribution in [-0.2, 0) is 6.54 Å². The van der Waals surface area contributed by atoms with E-state index >= 15 is 0 Å². The van der Waals surface area contributed by atoms with Gasteiger partial charge in [-0.3, -0.25) is 0 Å². The molecule has 1 aliphatic rings. The van der Waals surface area contributed by atoms with Gasteiger partial charge in [-0.2, -0.15) is 5.26 Å². The van der Waals surface area contributed by atoms with Crippen molar-refractivity contribution in [1.29, 1.82) is 5.26 Å². The molecule has 1 saturated carbocycles. The predicted molar refractivity (Wildman–Crippen MR) is 57.0 cm³/mol. The minimum Gasteiger partial charge on any atom is -0.394 e. The Morgan fingerprint density at radius 3 is 2.81 bits per heavy atom. The van der Waals surface area contributed by atoms with Gasteiger partial charge >= 0.3 is 0 Å². The second-order valence-electron chi connectivity index (χ2n) is 4.22. The molecular weight excluding hydrogens is 207 g/mol. The lowest BCUT2D eigenvalue weighted by Gasteiger charge is -2.14. The van der Waals surface area contributed by atoms with E-state index in [9.17, 15) is 4.39 Å². The van der Waals surface area contributed by atoms with Crippen LogP contribution in [0.1, 0.15) is 24.0 Å². The molecule has 1 aliphatic carbocycles. The SMILES string of the molecule is N#Cc1cc(CNC2(CO)CC2)ccc1F. The fourth-order valence-corrected chi connectivity index (χ4v) is 1.60. The van der Waals surface area contributed by atoms with E-state index in [2.05, 4.69) is 5.32 Å². The summed E-state index contributed by atoms with van der Waals surface area (Å²) in [6.45, 7) is 0.675. The Bertz CT molecular complexity index is 435. The second kappa shape index (κ2) is 4.20. The third-order valence-corrected chi connectivity index (χ3v) is 2.97. The number of hydrogen-bond acceptors (Lipinski definition) is 3. The molecule has 0 spiro atoms. The first kappa shape index (κ1) is 11.1. The van der Waals surface area contributed by atoms with Gasteiger partial charge in [0.2, 0.25) is 0 Å². The Morgan fingerprint density at radius 1 is 1.50 bits per heavy atom. The number of nitrogens with one attached hydrogen (secondary N) is 1. The summed E-state index contributed by atoms with van der Waals surface area (Å²) in [5, 5.41) is 21.0. The van der Waals surface area contributed by atoms with Crippen molar-refractivity contribution in [2.24, 2.45) is 0 Å². The van der Waals surface area contributed by atoms with Crippen molar-refractivity contribution < 1.29 is 9.50 Å². The van der Waals surface area contributed by atoms with E-state index < -0.39 is 5.82 Å². The Hall–Kier alpha value is -1.44. The molecule has 1 aromatic carbocycles. The summed E-state index contributed by atoms with van der Waals surface area (Å²) in [5.41, 5.74) is 0.784. The first-order chi connectivity index (χ1) is 7.69. The maximum atomic E-state index is 13.0. The summed E-state index contributed by atoms with van der Waals surface area (Å²) >= 11 is 0. The molecule has 0 bridgehead atoms. The Kier molecular flexibility index (Phi) is 2.90. The molecule has 0 heterocycles. The number of hydrogen-bond donors (Lipinski definition) is 2. The van der Waals surface area contributed by atoms with E-state index in [1.165, 1.54) is 12.1 Å². The Morgan fingerprint density at radius 2 is 2.25 bits per heavy atom. The molecule has 0 atom stereocenters. The van der Waals surface area contributed by atoms with Gasteiger partial charge in [-0.05, 0) is 30.5 Å². The number of rotatable bonds is 4. The molecule has 0 unspecified atom stereocenters. The van der Waals surface area contributed by atoms with E-state index in [0.29, 0.717) is 6.54 Å². The van der Waals surface area contributed by atoms with Crippen LogP contribution < -0.4 is 5.32 Å². The van der Waals surface area contributed by atoms with Crippen LogP contribution in [0.2, 0.25) is 0 Å². The number of benzene rings is 1. The molecule has 0 saturated heterocycles. The zero-order chi connectivity index (χ0) is 11.6. The van der Waals surface area contributed by atoms with Crippen molar-refractivity contribution >= 4 is 0 Å². The molecule has 0 aliphatic heterocycles. The van der Waals surface area contributed by atoms with Crippen LogP contribution in [-0.4, -0.2) is 17.3 Å². The largest absolute Gasteiger partial charge is 0.394 e. The molecule has 1 fully saturated rings. The normalized spacial score (nSPS) is 16.8. The first-order valence-electron chi connectivity index (χ1n) is 5.23. The van der Waals surface area contributed by atoms with Gasteiger partial charge in [0.1, 0.15) is 11.9 Å². The minimum absolute atomic E-state index is 0.0631. The minimum atomic E-state index is -0.491. The Labute approximate surface area is 93.5 Å². The third kappa shape index (κ3) is 2.21. The lowest BCUT2D eigenvalue weighted by Crippen LogP contribution is -2.34. The van der Waals surface area contributed by atoms with E-state index in [4.69, 9.17) is 10.4 Å². The smallest absolute Gasteiger partial charge is 0.140 e. The molecule has 84 valence electrons. The maximum absolute atomic E-state index is 13.0. The van der Waals surface area contributed by atoms with E-state index in [-0.39, 0.29) is 17.7 Å². The van der Waals surface area contributed by atoms with Gasteiger partial charge in [-0.15, -0.1) is 0 Å². The summed E-state index contributed by atoms with van der Waals surface area (Å²) in [7, 11) is 0. The Balaban J connectivity index is 2.03. The van der Waals surface area contributed by atoms with Crippen LogP contribution in [0.4, 0.5) is 4.39 Å². The van der Waals surface area contributed by atoms with Crippen molar-refractivity contribution in [3.63, 3.8) is 0 Å². The van der Waals surface area contributed by atoms with E-state index in [1.807, 2.05) is 6.07 Å². The summed E-state index contributed by atoms with van der Waals surface area (Å²) in [6, 6.07) is 6.30. The number of nitriles is 1. The monoisotopic (exact) mass is 220 g/mol. The zero-order valence-corrected chi connectivity index (χ0v) is 8.83. The van der Waals surface area contributed by atoms with Gasteiger partial charge in [-0.1, -0.05) is 6.07 Å². The molecule has 2 N–H and O–H groups in total. The summed E-state index contributed by atoms with van der Waals surface area (Å²) in [6.07, 6.45) is 1.94. The van der Waals surface area contributed by atoms with E-state index in [1.54, 1.807) is 6.07 Å². The van der Waals surface area contributed by atoms with Gasteiger partial charge < -0.3 is 10.4 Å². The van der Waals surface area contributed by atoms with Gasteiger partial charge in [0.15, 0.2) is 0 Å². The topological polar surface area (TPSA) is 56.0 Å². The average molecular weight is 220 g/mol. The highest BCUT2D eigenvalue weighted by Crippen LogP contribution is 2.34.